The summed E-state index contributed by atoms with van der Waals surface area (Å²) in [6.07, 6.45) is 5.77. The van der Waals surface area contributed by atoms with Gasteiger partial charge >= 0.3 is 0 Å². The predicted molar refractivity (Wildman–Crippen MR) is 66.3 cm³/mol. The second-order valence-electron chi connectivity index (χ2n) is 3.08. The molecule has 2 aromatic heterocycles. The predicted octanol–water partition coefficient (Wildman–Crippen LogP) is 2.22. The summed E-state index contributed by atoms with van der Waals surface area (Å²) in [6, 6.07) is 4.11. The maximum absolute atomic E-state index is 5.35. The summed E-state index contributed by atoms with van der Waals surface area (Å²) in [5, 5.41) is 6.52. The van der Waals surface area contributed by atoms with E-state index >= 15 is 0 Å². The number of hydrogen-bond acceptors (Lipinski definition) is 4. The standard InChI is InChI=1S/C11H13N3S/c12-5-1-2-6-13-11-9-4-8-15-10(9)3-7-14-11/h1-4,7-8H,5-6,12H2,(H,13,14)/b2-1+. The molecule has 3 nitrogen and oxygen atoms in total. The zero-order valence-corrected chi connectivity index (χ0v) is 9.13. The topological polar surface area (TPSA) is 50.9 Å². The van der Waals surface area contributed by atoms with E-state index in [1.54, 1.807) is 11.3 Å². The van der Waals surface area contributed by atoms with Crippen molar-refractivity contribution in [3.8, 4) is 0 Å². The Morgan fingerprint density at radius 1 is 1.40 bits per heavy atom. The SMILES string of the molecule is NC/C=C/CNc1nccc2sccc12. The Bertz CT molecular complexity index is 462. The molecule has 0 radical (unpaired) electrons. The molecule has 4 heteroatoms. The number of nitrogens with zero attached hydrogens (tertiary/aromatic N) is 1. The van der Waals surface area contributed by atoms with Gasteiger partial charge in [-0.3, -0.25) is 0 Å². The van der Waals surface area contributed by atoms with E-state index in [0.717, 1.165) is 12.4 Å². The molecule has 0 aliphatic carbocycles. The third kappa shape index (κ3) is 2.34. The lowest BCUT2D eigenvalue weighted by Gasteiger charge is -2.03. The number of fused-ring (bicyclic) bond motifs is 1. The van der Waals surface area contributed by atoms with Crippen LogP contribution in [-0.4, -0.2) is 18.1 Å². The molecule has 0 saturated heterocycles. The Hall–Kier alpha value is -1.39. The molecule has 0 aromatic carbocycles. The molecule has 0 spiro atoms. The molecule has 78 valence electrons. The summed E-state index contributed by atoms with van der Waals surface area (Å²) in [5.41, 5.74) is 5.35. The van der Waals surface area contributed by atoms with Crippen LogP contribution in [0.2, 0.25) is 0 Å². The van der Waals surface area contributed by atoms with Crippen molar-refractivity contribution < 1.29 is 0 Å². The van der Waals surface area contributed by atoms with Gasteiger partial charge in [-0.15, -0.1) is 11.3 Å². The van der Waals surface area contributed by atoms with Crippen molar-refractivity contribution in [2.24, 2.45) is 5.73 Å². The Morgan fingerprint density at radius 3 is 3.20 bits per heavy atom. The molecule has 2 rings (SSSR count). The lowest BCUT2D eigenvalue weighted by Crippen LogP contribution is -2.01. The Morgan fingerprint density at radius 2 is 2.33 bits per heavy atom. The van der Waals surface area contributed by atoms with Crippen molar-refractivity contribution in [2.45, 2.75) is 0 Å². The number of nitrogens with two attached hydrogens (primary N) is 1. The van der Waals surface area contributed by atoms with E-state index in [0.29, 0.717) is 6.54 Å². The van der Waals surface area contributed by atoms with E-state index in [4.69, 9.17) is 5.73 Å². The van der Waals surface area contributed by atoms with Crippen molar-refractivity contribution in [2.75, 3.05) is 18.4 Å². The molecule has 0 unspecified atom stereocenters. The zero-order valence-electron chi connectivity index (χ0n) is 8.31. The third-order valence-corrected chi connectivity index (χ3v) is 2.95. The van der Waals surface area contributed by atoms with Crippen molar-refractivity contribution in [1.82, 2.24) is 4.98 Å². The molecule has 2 heterocycles. The largest absolute Gasteiger partial charge is 0.366 e. The quantitative estimate of drug-likeness (QED) is 0.775. The molecule has 0 aliphatic rings. The summed E-state index contributed by atoms with van der Waals surface area (Å²) in [6.45, 7) is 1.34. The fraction of sp³-hybridized carbons (Fsp3) is 0.182. The number of hydrogen-bond donors (Lipinski definition) is 2. The number of pyridine rings is 1. The van der Waals surface area contributed by atoms with E-state index in [9.17, 15) is 0 Å². The Kier molecular flexibility index (Phi) is 3.32. The second kappa shape index (κ2) is 4.91. The normalized spacial score (nSPS) is 11.3. The van der Waals surface area contributed by atoms with Crippen LogP contribution in [0.5, 0.6) is 0 Å². The fourth-order valence-corrected chi connectivity index (χ4v) is 2.15. The minimum atomic E-state index is 0.581. The van der Waals surface area contributed by atoms with Crippen LogP contribution in [0.25, 0.3) is 10.1 Å². The van der Waals surface area contributed by atoms with E-state index in [-0.39, 0.29) is 0 Å². The first-order valence-electron chi connectivity index (χ1n) is 4.83. The number of aromatic nitrogens is 1. The van der Waals surface area contributed by atoms with Gasteiger partial charge in [0.15, 0.2) is 0 Å². The van der Waals surface area contributed by atoms with Crippen molar-refractivity contribution in [1.29, 1.82) is 0 Å². The smallest absolute Gasteiger partial charge is 0.134 e. The maximum Gasteiger partial charge on any atom is 0.134 e. The molecule has 0 atom stereocenters. The van der Waals surface area contributed by atoms with Crippen LogP contribution < -0.4 is 11.1 Å². The van der Waals surface area contributed by atoms with Gasteiger partial charge in [-0.2, -0.15) is 0 Å². The fourth-order valence-electron chi connectivity index (χ4n) is 1.37. The average molecular weight is 219 g/mol. The van der Waals surface area contributed by atoms with Gasteiger partial charge in [-0.25, -0.2) is 4.98 Å². The highest BCUT2D eigenvalue weighted by Crippen LogP contribution is 2.25. The monoisotopic (exact) mass is 219 g/mol. The van der Waals surface area contributed by atoms with Crippen LogP contribution in [0.3, 0.4) is 0 Å². The maximum atomic E-state index is 5.35. The molecule has 0 aliphatic heterocycles. The van der Waals surface area contributed by atoms with Gasteiger partial charge in [-0.05, 0) is 17.5 Å². The number of anilines is 1. The van der Waals surface area contributed by atoms with Gasteiger partial charge in [0, 0.05) is 29.4 Å². The average Bonchev–Trinajstić information content (AvgIpc) is 2.73. The highest BCUT2D eigenvalue weighted by atomic mass is 32.1. The molecule has 0 fully saturated rings. The number of thiophene rings is 1. The van der Waals surface area contributed by atoms with Crippen LogP contribution >= 0.6 is 11.3 Å². The van der Waals surface area contributed by atoms with Crippen LogP contribution in [0.15, 0.2) is 35.9 Å². The highest BCUT2D eigenvalue weighted by Gasteiger charge is 2.00. The van der Waals surface area contributed by atoms with Crippen molar-refractivity contribution in [3.63, 3.8) is 0 Å². The van der Waals surface area contributed by atoms with E-state index in [1.807, 2.05) is 24.4 Å². The lowest BCUT2D eigenvalue weighted by atomic mass is 10.3. The Labute approximate surface area is 92.6 Å². The highest BCUT2D eigenvalue weighted by molar-refractivity contribution is 7.17. The first kappa shape index (κ1) is 10.1. The lowest BCUT2D eigenvalue weighted by molar-refractivity contribution is 1.21. The minimum Gasteiger partial charge on any atom is -0.366 e. The van der Waals surface area contributed by atoms with Crippen LogP contribution in [-0.2, 0) is 0 Å². The minimum absolute atomic E-state index is 0.581. The first-order valence-corrected chi connectivity index (χ1v) is 5.71. The number of nitrogens with one attached hydrogen (secondary N) is 1. The summed E-state index contributed by atoms with van der Waals surface area (Å²) in [7, 11) is 0. The van der Waals surface area contributed by atoms with E-state index < -0.39 is 0 Å². The van der Waals surface area contributed by atoms with Gasteiger partial charge < -0.3 is 11.1 Å². The number of rotatable bonds is 4. The molecule has 3 N–H and O–H groups in total. The summed E-state index contributed by atoms with van der Waals surface area (Å²) in [5.74, 6) is 0.940. The van der Waals surface area contributed by atoms with Crippen LogP contribution in [0.1, 0.15) is 0 Å². The van der Waals surface area contributed by atoms with Gasteiger partial charge in [-0.1, -0.05) is 12.2 Å². The van der Waals surface area contributed by atoms with Crippen molar-refractivity contribution in [3.05, 3.63) is 35.9 Å². The second-order valence-corrected chi connectivity index (χ2v) is 4.03. The van der Waals surface area contributed by atoms with Gasteiger partial charge in [0.05, 0.1) is 0 Å². The van der Waals surface area contributed by atoms with E-state index in [1.165, 1.54) is 10.1 Å². The summed E-state index contributed by atoms with van der Waals surface area (Å²) in [4.78, 5) is 4.31. The summed E-state index contributed by atoms with van der Waals surface area (Å²) < 4.78 is 1.26. The zero-order chi connectivity index (χ0) is 10.5. The molecular formula is C11H13N3S. The molecule has 15 heavy (non-hydrogen) atoms. The Balaban J connectivity index is 2.13. The molecule has 0 amide bonds. The molecular weight excluding hydrogens is 206 g/mol. The third-order valence-electron chi connectivity index (χ3n) is 2.07. The summed E-state index contributed by atoms with van der Waals surface area (Å²) >= 11 is 1.73. The van der Waals surface area contributed by atoms with Crippen LogP contribution in [0.4, 0.5) is 5.82 Å². The van der Waals surface area contributed by atoms with Crippen LogP contribution in [0, 0.1) is 0 Å². The van der Waals surface area contributed by atoms with Gasteiger partial charge in [0.2, 0.25) is 0 Å². The first-order chi connectivity index (χ1) is 7.42. The van der Waals surface area contributed by atoms with Gasteiger partial charge in [0.25, 0.3) is 0 Å². The van der Waals surface area contributed by atoms with Crippen molar-refractivity contribution >= 4 is 27.2 Å². The molecule has 0 bridgehead atoms. The van der Waals surface area contributed by atoms with Gasteiger partial charge in [0.1, 0.15) is 5.82 Å². The molecule has 0 saturated carbocycles. The molecule has 2 aromatic rings. The van der Waals surface area contributed by atoms with E-state index in [2.05, 4.69) is 21.7 Å².